The number of ether oxygens (including phenoxy) is 1. The molecule has 1 unspecified atom stereocenters. The second kappa shape index (κ2) is 6.69. The van der Waals surface area contributed by atoms with Gasteiger partial charge >= 0.3 is 0 Å². The minimum absolute atomic E-state index is 0.135. The third-order valence-electron chi connectivity index (χ3n) is 2.94. The summed E-state index contributed by atoms with van der Waals surface area (Å²) in [7, 11) is 0. The molecule has 0 heterocycles. The van der Waals surface area contributed by atoms with E-state index in [2.05, 4.69) is 26.1 Å². The van der Waals surface area contributed by atoms with Gasteiger partial charge in [0, 0.05) is 5.54 Å². The molecular formula is C17H26ClNO2. The monoisotopic (exact) mass is 311 g/mol. The van der Waals surface area contributed by atoms with Crippen LogP contribution in [0.4, 0.5) is 0 Å². The topological polar surface area (TPSA) is 38.3 Å². The Morgan fingerprint density at radius 2 is 1.81 bits per heavy atom. The highest BCUT2D eigenvalue weighted by Crippen LogP contribution is 2.27. The molecule has 1 amide bonds. The van der Waals surface area contributed by atoms with Crippen molar-refractivity contribution in [3.8, 4) is 5.75 Å². The summed E-state index contributed by atoms with van der Waals surface area (Å²) in [5.74, 6) is 0.389. The predicted octanol–water partition coefficient (Wildman–Crippen LogP) is 4.44. The molecule has 0 spiro atoms. The van der Waals surface area contributed by atoms with Gasteiger partial charge in [-0.2, -0.15) is 0 Å². The fraction of sp³-hybridized carbons (Fsp3) is 0.588. The predicted molar refractivity (Wildman–Crippen MR) is 87.8 cm³/mol. The lowest BCUT2D eigenvalue weighted by atomic mass is 9.81. The lowest BCUT2D eigenvalue weighted by Crippen LogP contribution is -2.50. The van der Waals surface area contributed by atoms with Crippen LogP contribution in [0, 0.1) is 5.41 Å². The number of hydrogen-bond donors (Lipinski definition) is 1. The summed E-state index contributed by atoms with van der Waals surface area (Å²) in [5, 5.41) is 3.55. The molecule has 0 aliphatic rings. The molecule has 0 aliphatic carbocycles. The summed E-state index contributed by atoms with van der Waals surface area (Å²) >= 11 is 6.04. The van der Waals surface area contributed by atoms with Crippen molar-refractivity contribution in [3.63, 3.8) is 0 Å². The second-order valence-corrected chi connectivity index (χ2v) is 7.71. The lowest BCUT2D eigenvalue weighted by molar-refractivity contribution is -0.129. The molecule has 21 heavy (non-hydrogen) atoms. The zero-order chi connectivity index (χ0) is 16.3. The lowest BCUT2D eigenvalue weighted by Gasteiger charge is -2.34. The first kappa shape index (κ1) is 17.8. The van der Waals surface area contributed by atoms with E-state index in [1.807, 2.05) is 26.0 Å². The number of carbonyl (C=O) groups is 1. The Labute approximate surface area is 133 Å². The summed E-state index contributed by atoms with van der Waals surface area (Å²) < 4.78 is 5.64. The Morgan fingerprint density at radius 1 is 1.24 bits per heavy atom. The minimum Gasteiger partial charge on any atom is -0.479 e. The molecule has 0 bridgehead atoms. The van der Waals surface area contributed by atoms with Crippen molar-refractivity contribution in [2.24, 2.45) is 5.41 Å². The van der Waals surface area contributed by atoms with Crippen molar-refractivity contribution >= 4 is 17.5 Å². The van der Waals surface area contributed by atoms with Crippen LogP contribution >= 0.6 is 11.6 Å². The first-order valence-corrected chi connectivity index (χ1v) is 7.61. The maximum absolute atomic E-state index is 12.3. The summed E-state index contributed by atoms with van der Waals surface area (Å²) in [6.45, 7) is 12.3. The SMILES string of the molecule is CC(Oc1ccccc1Cl)C(=O)NC(C)(C)CC(C)(C)C. The minimum atomic E-state index is -0.593. The van der Waals surface area contributed by atoms with E-state index in [-0.39, 0.29) is 16.9 Å². The quantitative estimate of drug-likeness (QED) is 0.873. The average Bonchev–Trinajstić information content (AvgIpc) is 2.28. The van der Waals surface area contributed by atoms with E-state index in [4.69, 9.17) is 16.3 Å². The highest BCUT2D eigenvalue weighted by atomic mass is 35.5. The van der Waals surface area contributed by atoms with Gasteiger partial charge in [0.25, 0.3) is 5.91 Å². The summed E-state index contributed by atoms with van der Waals surface area (Å²) in [6.07, 6.45) is 0.286. The fourth-order valence-corrected chi connectivity index (χ4v) is 2.77. The highest BCUT2D eigenvalue weighted by molar-refractivity contribution is 6.32. The standard InChI is InChI=1S/C17H26ClNO2/c1-12(21-14-10-8-7-9-13(14)18)15(20)19-17(5,6)11-16(2,3)4/h7-10,12H,11H2,1-6H3,(H,19,20). The number of amides is 1. The summed E-state index contributed by atoms with van der Waals surface area (Å²) in [4.78, 5) is 12.3. The van der Waals surface area contributed by atoms with Crippen molar-refractivity contribution in [2.75, 3.05) is 0 Å². The van der Waals surface area contributed by atoms with Gasteiger partial charge in [0.05, 0.1) is 5.02 Å². The molecule has 0 radical (unpaired) electrons. The zero-order valence-electron chi connectivity index (χ0n) is 13.8. The fourth-order valence-electron chi connectivity index (χ4n) is 2.59. The first-order valence-electron chi connectivity index (χ1n) is 7.23. The van der Waals surface area contributed by atoms with E-state index < -0.39 is 6.10 Å². The summed E-state index contributed by atoms with van der Waals surface area (Å²) in [5.41, 5.74) is -0.142. The Balaban J connectivity index is 2.65. The molecule has 0 aromatic heterocycles. The summed E-state index contributed by atoms with van der Waals surface area (Å²) in [6, 6.07) is 7.15. The molecule has 1 aromatic carbocycles. The molecule has 118 valence electrons. The number of rotatable bonds is 5. The van der Waals surface area contributed by atoms with Gasteiger partial charge in [-0.1, -0.05) is 44.5 Å². The van der Waals surface area contributed by atoms with Gasteiger partial charge in [-0.15, -0.1) is 0 Å². The van der Waals surface area contributed by atoms with Gasteiger partial charge in [-0.05, 0) is 44.7 Å². The van der Waals surface area contributed by atoms with Gasteiger partial charge in [0.15, 0.2) is 6.10 Å². The molecule has 4 heteroatoms. The highest BCUT2D eigenvalue weighted by Gasteiger charge is 2.29. The number of halogens is 1. The van der Waals surface area contributed by atoms with E-state index in [1.165, 1.54) is 0 Å². The van der Waals surface area contributed by atoms with Crippen LogP contribution in [0.1, 0.15) is 48.0 Å². The van der Waals surface area contributed by atoms with Crippen LogP contribution in [0.5, 0.6) is 5.75 Å². The van der Waals surface area contributed by atoms with Gasteiger partial charge in [0.2, 0.25) is 0 Å². The third-order valence-corrected chi connectivity index (χ3v) is 3.26. The van der Waals surface area contributed by atoms with Crippen molar-refractivity contribution in [1.29, 1.82) is 0 Å². The molecule has 0 aliphatic heterocycles. The van der Waals surface area contributed by atoms with Crippen molar-refractivity contribution in [3.05, 3.63) is 29.3 Å². The second-order valence-electron chi connectivity index (χ2n) is 7.30. The first-order chi connectivity index (χ1) is 9.50. The number of nitrogens with one attached hydrogen (secondary N) is 1. The molecule has 0 saturated heterocycles. The third kappa shape index (κ3) is 6.38. The molecular weight excluding hydrogens is 286 g/mol. The van der Waals surface area contributed by atoms with E-state index in [1.54, 1.807) is 19.1 Å². The van der Waals surface area contributed by atoms with E-state index in [0.717, 1.165) is 6.42 Å². The number of benzene rings is 1. The number of para-hydroxylation sites is 1. The Hall–Kier alpha value is -1.22. The molecule has 3 nitrogen and oxygen atoms in total. The Bertz CT molecular complexity index is 492. The molecule has 1 aromatic rings. The molecule has 0 fully saturated rings. The average molecular weight is 312 g/mol. The Kier molecular flexibility index (Phi) is 5.68. The largest absolute Gasteiger partial charge is 0.479 e. The van der Waals surface area contributed by atoms with Crippen LogP contribution in [-0.2, 0) is 4.79 Å². The molecule has 1 atom stereocenters. The molecule has 0 saturated carbocycles. The smallest absolute Gasteiger partial charge is 0.261 e. The van der Waals surface area contributed by atoms with Gasteiger partial charge < -0.3 is 10.1 Å². The van der Waals surface area contributed by atoms with Crippen LogP contribution in [0.2, 0.25) is 5.02 Å². The van der Waals surface area contributed by atoms with Gasteiger partial charge in [-0.25, -0.2) is 0 Å². The normalized spacial score (nSPS) is 13.7. The van der Waals surface area contributed by atoms with Gasteiger partial charge in [-0.3, -0.25) is 4.79 Å². The van der Waals surface area contributed by atoms with E-state index in [0.29, 0.717) is 10.8 Å². The maximum Gasteiger partial charge on any atom is 0.261 e. The molecule has 1 N–H and O–H groups in total. The number of hydrogen-bond acceptors (Lipinski definition) is 2. The van der Waals surface area contributed by atoms with Crippen LogP contribution in [0.25, 0.3) is 0 Å². The van der Waals surface area contributed by atoms with Crippen molar-refractivity contribution in [2.45, 2.75) is 59.6 Å². The molecule has 1 rings (SSSR count). The van der Waals surface area contributed by atoms with E-state index in [9.17, 15) is 4.79 Å². The van der Waals surface area contributed by atoms with Crippen molar-refractivity contribution in [1.82, 2.24) is 5.32 Å². The maximum atomic E-state index is 12.3. The van der Waals surface area contributed by atoms with Crippen LogP contribution in [0.3, 0.4) is 0 Å². The van der Waals surface area contributed by atoms with Crippen molar-refractivity contribution < 1.29 is 9.53 Å². The number of carbonyl (C=O) groups excluding carboxylic acids is 1. The zero-order valence-corrected chi connectivity index (χ0v) is 14.5. The van der Waals surface area contributed by atoms with Crippen LogP contribution < -0.4 is 10.1 Å². The Morgan fingerprint density at radius 3 is 2.33 bits per heavy atom. The van der Waals surface area contributed by atoms with Crippen LogP contribution in [-0.4, -0.2) is 17.6 Å². The van der Waals surface area contributed by atoms with Crippen LogP contribution in [0.15, 0.2) is 24.3 Å². The van der Waals surface area contributed by atoms with Gasteiger partial charge in [0.1, 0.15) is 5.75 Å². The van der Waals surface area contributed by atoms with E-state index >= 15 is 0 Å².